The maximum atomic E-state index is 11.2. The van der Waals surface area contributed by atoms with Gasteiger partial charge in [0.05, 0.1) is 12.2 Å². The fraction of sp³-hybridized carbons (Fsp3) is 0.550. The van der Waals surface area contributed by atoms with E-state index in [1.807, 2.05) is 48.5 Å². The molecule has 2 aromatic carbocycles. The molecule has 0 aliphatic carbocycles. The summed E-state index contributed by atoms with van der Waals surface area (Å²) in [6.45, 7) is 27.7. The number of aliphatic hydroxyl groups is 2. The standard InChI is InChI=1S/C40H58O2Si2/c1-29(2)43(30(3)4,31(5)6)27-17-23-39(41)37-21-15-13-19-35(37)25-26-36-20-14-16-22-38(36)40(42)24-18-28-44(32(7)8,33(9)10)34(11)12/h13-16,19-22,29-34,39-42H,23-24H2,1-12H3. The second-order valence-electron chi connectivity index (χ2n) is 14.3. The van der Waals surface area contributed by atoms with Crippen molar-refractivity contribution < 1.29 is 10.2 Å². The van der Waals surface area contributed by atoms with Crippen molar-refractivity contribution in [2.24, 2.45) is 0 Å². The van der Waals surface area contributed by atoms with Crippen molar-refractivity contribution in [3.05, 3.63) is 70.8 Å². The van der Waals surface area contributed by atoms with Gasteiger partial charge in [0.25, 0.3) is 0 Å². The van der Waals surface area contributed by atoms with Gasteiger partial charge in [-0.1, -0.05) is 131 Å². The first-order valence-corrected chi connectivity index (χ1v) is 21.1. The van der Waals surface area contributed by atoms with Gasteiger partial charge in [-0.2, -0.15) is 0 Å². The largest absolute Gasteiger partial charge is 0.387 e. The van der Waals surface area contributed by atoms with Crippen molar-refractivity contribution in [2.75, 3.05) is 0 Å². The zero-order valence-corrected chi connectivity index (χ0v) is 31.5. The van der Waals surface area contributed by atoms with E-state index in [0.717, 1.165) is 22.3 Å². The SMILES string of the molecule is CC(C)[Si](C#CCC(O)c1ccccc1C#Cc1ccccc1C(O)CC#C[Si](C(C)C)(C(C)C)C(C)C)(C(C)C)C(C)C. The normalized spacial score (nSPS) is 13.5. The third-order valence-corrected chi connectivity index (χ3v) is 22.6. The highest BCUT2D eigenvalue weighted by Crippen LogP contribution is 2.42. The molecule has 238 valence electrons. The minimum atomic E-state index is -1.85. The van der Waals surface area contributed by atoms with Gasteiger partial charge in [-0.3, -0.25) is 0 Å². The van der Waals surface area contributed by atoms with E-state index in [1.54, 1.807) is 0 Å². The Bertz CT molecular complexity index is 1250. The van der Waals surface area contributed by atoms with E-state index in [2.05, 4.69) is 118 Å². The van der Waals surface area contributed by atoms with Crippen LogP contribution in [-0.2, 0) is 0 Å². The fourth-order valence-corrected chi connectivity index (χ4v) is 18.2. The van der Waals surface area contributed by atoms with Crippen molar-refractivity contribution >= 4 is 16.1 Å². The van der Waals surface area contributed by atoms with Crippen LogP contribution in [0.25, 0.3) is 0 Å². The molecule has 0 spiro atoms. The van der Waals surface area contributed by atoms with Crippen LogP contribution in [0.3, 0.4) is 0 Å². The highest BCUT2D eigenvalue weighted by molar-refractivity contribution is 6.91. The summed E-state index contributed by atoms with van der Waals surface area (Å²) in [5.41, 5.74) is 13.9. The fourth-order valence-electron chi connectivity index (χ4n) is 7.63. The predicted molar refractivity (Wildman–Crippen MR) is 196 cm³/mol. The molecule has 2 N–H and O–H groups in total. The van der Waals surface area contributed by atoms with E-state index in [0.29, 0.717) is 46.1 Å². The Labute approximate surface area is 272 Å². The smallest absolute Gasteiger partial charge is 0.145 e. The third kappa shape index (κ3) is 8.59. The third-order valence-electron chi connectivity index (χ3n) is 9.90. The summed E-state index contributed by atoms with van der Waals surface area (Å²) in [6.07, 6.45) is -0.646. The Morgan fingerprint density at radius 2 is 0.750 bits per heavy atom. The highest BCUT2D eigenvalue weighted by Gasteiger charge is 2.42. The van der Waals surface area contributed by atoms with Gasteiger partial charge in [0.15, 0.2) is 0 Å². The first-order valence-electron chi connectivity index (χ1n) is 16.7. The average molecular weight is 627 g/mol. The molecule has 0 aliphatic heterocycles. The molecule has 0 fully saturated rings. The van der Waals surface area contributed by atoms with Crippen molar-refractivity contribution in [2.45, 2.75) is 141 Å². The Hall–Kier alpha value is -2.53. The van der Waals surface area contributed by atoms with Gasteiger partial charge in [-0.15, -0.1) is 22.9 Å². The quantitative estimate of drug-likeness (QED) is 0.203. The van der Waals surface area contributed by atoms with E-state index < -0.39 is 28.4 Å². The lowest BCUT2D eigenvalue weighted by molar-refractivity contribution is 0.183. The number of hydrogen-bond donors (Lipinski definition) is 2. The van der Waals surface area contributed by atoms with Crippen LogP contribution in [0.1, 0.15) is 130 Å². The monoisotopic (exact) mass is 626 g/mol. The van der Waals surface area contributed by atoms with E-state index >= 15 is 0 Å². The molecule has 2 unspecified atom stereocenters. The van der Waals surface area contributed by atoms with Crippen LogP contribution in [-0.4, -0.2) is 26.4 Å². The highest BCUT2D eigenvalue weighted by atomic mass is 28.3. The molecule has 2 rings (SSSR count). The number of hydrogen-bond acceptors (Lipinski definition) is 2. The minimum Gasteiger partial charge on any atom is -0.387 e. The van der Waals surface area contributed by atoms with Crippen LogP contribution < -0.4 is 0 Å². The Morgan fingerprint density at radius 3 is 1.02 bits per heavy atom. The molecule has 0 amide bonds. The van der Waals surface area contributed by atoms with E-state index in [-0.39, 0.29) is 0 Å². The van der Waals surface area contributed by atoms with Gasteiger partial charge in [-0.25, -0.2) is 0 Å². The zero-order chi connectivity index (χ0) is 33.2. The maximum absolute atomic E-state index is 11.2. The van der Waals surface area contributed by atoms with Crippen LogP contribution in [0, 0.1) is 34.8 Å². The lowest BCUT2D eigenvalue weighted by Crippen LogP contribution is -2.43. The van der Waals surface area contributed by atoms with Crippen LogP contribution in [0.4, 0.5) is 0 Å². The summed E-state index contributed by atoms with van der Waals surface area (Å²) < 4.78 is 0. The average Bonchev–Trinajstić information content (AvgIpc) is 2.95. The van der Waals surface area contributed by atoms with Gasteiger partial charge in [-0.05, 0) is 56.5 Å². The van der Waals surface area contributed by atoms with Gasteiger partial charge < -0.3 is 10.2 Å². The lowest BCUT2D eigenvalue weighted by Gasteiger charge is -2.38. The molecule has 0 saturated carbocycles. The summed E-state index contributed by atoms with van der Waals surface area (Å²) >= 11 is 0. The molecule has 4 heteroatoms. The van der Waals surface area contributed by atoms with E-state index in [9.17, 15) is 10.2 Å². The van der Waals surface area contributed by atoms with Crippen molar-refractivity contribution in [3.63, 3.8) is 0 Å². The predicted octanol–water partition coefficient (Wildman–Crippen LogP) is 10.4. The van der Waals surface area contributed by atoms with Crippen LogP contribution in [0.15, 0.2) is 48.5 Å². The number of benzene rings is 2. The molecule has 0 aromatic heterocycles. The second kappa shape index (κ2) is 16.7. The van der Waals surface area contributed by atoms with Crippen molar-refractivity contribution in [1.82, 2.24) is 0 Å². The molecule has 0 saturated heterocycles. The first-order chi connectivity index (χ1) is 20.6. The van der Waals surface area contributed by atoms with Crippen molar-refractivity contribution in [3.8, 4) is 34.8 Å². The Kier molecular flexibility index (Phi) is 14.3. The number of rotatable bonds is 10. The molecular weight excluding hydrogens is 569 g/mol. The molecule has 2 aromatic rings. The summed E-state index contributed by atoms with van der Waals surface area (Å²) in [5.74, 6) is 13.4. The Balaban J connectivity index is 2.36. The van der Waals surface area contributed by atoms with E-state index in [4.69, 9.17) is 0 Å². The Morgan fingerprint density at radius 1 is 0.477 bits per heavy atom. The lowest BCUT2D eigenvalue weighted by atomic mass is 9.98. The maximum Gasteiger partial charge on any atom is 0.145 e. The van der Waals surface area contributed by atoms with Crippen LogP contribution in [0.5, 0.6) is 0 Å². The first kappa shape index (κ1) is 37.7. The van der Waals surface area contributed by atoms with Gasteiger partial charge in [0.2, 0.25) is 0 Å². The molecule has 0 bridgehead atoms. The molecule has 0 heterocycles. The molecule has 44 heavy (non-hydrogen) atoms. The van der Waals surface area contributed by atoms with Gasteiger partial charge >= 0.3 is 0 Å². The summed E-state index contributed by atoms with van der Waals surface area (Å²) in [5, 5.41) is 22.5. The van der Waals surface area contributed by atoms with E-state index in [1.165, 1.54) is 0 Å². The number of aliphatic hydroxyl groups excluding tert-OH is 2. The molecule has 0 aliphatic rings. The van der Waals surface area contributed by atoms with Crippen molar-refractivity contribution in [1.29, 1.82) is 0 Å². The second-order valence-corrected chi connectivity index (χ2v) is 25.4. The summed E-state index contributed by atoms with van der Waals surface area (Å²) in [4.78, 5) is 0. The molecule has 0 radical (unpaired) electrons. The summed E-state index contributed by atoms with van der Waals surface area (Å²) in [6, 6.07) is 15.6. The van der Waals surface area contributed by atoms with Crippen LogP contribution in [0.2, 0.25) is 33.2 Å². The molecular formula is C40H58O2Si2. The van der Waals surface area contributed by atoms with Crippen LogP contribution >= 0.6 is 0 Å². The van der Waals surface area contributed by atoms with Gasteiger partial charge in [0.1, 0.15) is 16.1 Å². The minimum absolute atomic E-state index is 0.390. The topological polar surface area (TPSA) is 40.5 Å². The molecule has 2 nitrogen and oxygen atoms in total. The molecule has 2 atom stereocenters. The zero-order valence-electron chi connectivity index (χ0n) is 29.5. The summed E-state index contributed by atoms with van der Waals surface area (Å²) in [7, 11) is -3.71. The van der Waals surface area contributed by atoms with Gasteiger partial charge in [0, 0.05) is 24.0 Å².